The van der Waals surface area contributed by atoms with Gasteiger partial charge in [0.05, 0.1) is 5.71 Å². The Kier molecular flexibility index (Phi) is 4.95. The molecule has 0 fully saturated rings. The van der Waals surface area contributed by atoms with Gasteiger partial charge in [-0.3, -0.25) is 4.79 Å². The zero-order chi connectivity index (χ0) is 15.2. The maximum Gasteiger partial charge on any atom is 0.271 e. The topological polar surface area (TPSA) is 61.7 Å². The number of nitrogens with one attached hydrogen (secondary N) is 1. The lowest BCUT2D eigenvalue weighted by molar-refractivity contribution is 0.0955. The van der Waals surface area contributed by atoms with E-state index >= 15 is 0 Å². The third kappa shape index (κ3) is 4.07. The molecule has 0 atom stereocenters. The standard InChI is InChI=1S/C16H15ClN2O2/c1-2-15(12-4-3-5-13(17)10-12)18-19-16(21)11-6-8-14(20)9-7-11/h3-10,20H,2H2,1H3,(H,19,21). The van der Waals surface area contributed by atoms with Crippen molar-refractivity contribution in [3.05, 3.63) is 64.7 Å². The molecule has 21 heavy (non-hydrogen) atoms. The van der Waals surface area contributed by atoms with Crippen molar-refractivity contribution in [2.75, 3.05) is 0 Å². The molecular formula is C16H15ClN2O2. The molecule has 0 aliphatic heterocycles. The van der Waals surface area contributed by atoms with Crippen molar-refractivity contribution in [1.29, 1.82) is 0 Å². The molecule has 0 aromatic heterocycles. The number of halogens is 1. The Morgan fingerprint density at radius 1 is 1.19 bits per heavy atom. The van der Waals surface area contributed by atoms with E-state index in [1.165, 1.54) is 24.3 Å². The normalized spacial score (nSPS) is 11.2. The van der Waals surface area contributed by atoms with Gasteiger partial charge in [-0.15, -0.1) is 0 Å². The number of carbonyl (C=O) groups is 1. The molecule has 2 aromatic carbocycles. The van der Waals surface area contributed by atoms with Crippen LogP contribution >= 0.6 is 11.6 Å². The van der Waals surface area contributed by atoms with E-state index in [0.717, 1.165) is 11.3 Å². The van der Waals surface area contributed by atoms with Gasteiger partial charge >= 0.3 is 0 Å². The maximum atomic E-state index is 11.9. The van der Waals surface area contributed by atoms with Crippen LogP contribution in [0.3, 0.4) is 0 Å². The van der Waals surface area contributed by atoms with Crippen LogP contribution in [0.4, 0.5) is 0 Å². The summed E-state index contributed by atoms with van der Waals surface area (Å²) in [6.45, 7) is 1.95. The lowest BCUT2D eigenvalue weighted by atomic mass is 10.1. The van der Waals surface area contributed by atoms with Gasteiger partial charge in [-0.1, -0.05) is 30.7 Å². The first kappa shape index (κ1) is 15.1. The number of aromatic hydroxyl groups is 1. The molecule has 2 aromatic rings. The first-order chi connectivity index (χ1) is 10.1. The number of hydrogen-bond acceptors (Lipinski definition) is 3. The average Bonchev–Trinajstić information content (AvgIpc) is 2.48. The Bertz CT molecular complexity index is 666. The first-order valence-corrected chi connectivity index (χ1v) is 6.90. The quantitative estimate of drug-likeness (QED) is 0.669. The van der Waals surface area contributed by atoms with Gasteiger partial charge in [-0.2, -0.15) is 5.10 Å². The van der Waals surface area contributed by atoms with Crippen LogP contribution in [0.15, 0.2) is 53.6 Å². The molecular weight excluding hydrogens is 288 g/mol. The molecule has 5 heteroatoms. The largest absolute Gasteiger partial charge is 0.508 e. The highest BCUT2D eigenvalue weighted by atomic mass is 35.5. The van der Waals surface area contributed by atoms with Crippen LogP contribution in [0.25, 0.3) is 0 Å². The molecule has 0 radical (unpaired) electrons. The highest BCUT2D eigenvalue weighted by Gasteiger charge is 2.06. The monoisotopic (exact) mass is 302 g/mol. The minimum atomic E-state index is -0.331. The second-order valence-corrected chi connectivity index (χ2v) is 4.85. The molecule has 0 aliphatic rings. The zero-order valence-electron chi connectivity index (χ0n) is 11.5. The molecule has 1 amide bonds. The molecule has 108 valence electrons. The summed E-state index contributed by atoms with van der Waals surface area (Å²) in [5, 5.41) is 14.0. The Morgan fingerprint density at radius 3 is 2.52 bits per heavy atom. The number of phenolic OH excluding ortho intramolecular Hbond substituents is 1. The molecule has 4 nitrogen and oxygen atoms in total. The number of rotatable bonds is 4. The van der Waals surface area contributed by atoms with E-state index in [2.05, 4.69) is 10.5 Å². The molecule has 0 saturated heterocycles. The molecule has 0 saturated carbocycles. The van der Waals surface area contributed by atoms with Gasteiger partial charge in [0.2, 0.25) is 0 Å². The Labute approximate surface area is 128 Å². The van der Waals surface area contributed by atoms with Crippen LogP contribution in [0.1, 0.15) is 29.3 Å². The fourth-order valence-electron chi connectivity index (χ4n) is 1.81. The molecule has 2 N–H and O–H groups in total. The molecule has 2 rings (SSSR count). The van der Waals surface area contributed by atoms with Crippen molar-refractivity contribution >= 4 is 23.2 Å². The Balaban J connectivity index is 2.14. The molecule has 0 bridgehead atoms. The van der Waals surface area contributed by atoms with Crippen LogP contribution < -0.4 is 5.43 Å². The van der Waals surface area contributed by atoms with Gasteiger partial charge in [-0.05, 0) is 48.4 Å². The van der Waals surface area contributed by atoms with E-state index in [9.17, 15) is 9.90 Å². The van der Waals surface area contributed by atoms with Crippen LogP contribution in [-0.2, 0) is 0 Å². The average molecular weight is 303 g/mol. The van der Waals surface area contributed by atoms with E-state index in [-0.39, 0.29) is 11.7 Å². The fraction of sp³-hybridized carbons (Fsp3) is 0.125. The number of hydrogen-bond donors (Lipinski definition) is 2. The van der Waals surface area contributed by atoms with Crippen molar-refractivity contribution < 1.29 is 9.90 Å². The van der Waals surface area contributed by atoms with Gasteiger partial charge in [0.25, 0.3) is 5.91 Å². The SMILES string of the molecule is CCC(=NNC(=O)c1ccc(O)cc1)c1cccc(Cl)c1. The van der Waals surface area contributed by atoms with Crippen LogP contribution in [-0.4, -0.2) is 16.7 Å². The minimum absolute atomic E-state index is 0.114. The van der Waals surface area contributed by atoms with Crippen LogP contribution in [0, 0.1) is 0 Å². The summed E-state index contributed by atoms with van der Waals surface area (Å²) in [4.78, 5) is 11.9. The number of amides is 1. The number of phenols is 1. The highest BCUT2D eigenvalue weighted by molar-refractivity contribution is 6.31. The number of benzene rings is 2. The third-order valence-electron chi connectivity index (χ3n) is 2.91. The van der Waals surface area contributed by atoms with Crippen molar-refractivity contribution in [3.63, 3.8) is 0 Å². The second kappa shape index (κ2) is 6.90. The highest BCUT2D eigenvalue weighted by Crippen LogP contribution is 2.13. The lowest BCUT2D eigenvalue weighted by Crippen LogP contribution is -2.19. The van der Waals surface area contributed by atoms with Gasteiger partial charge in [0, 0.05) is 10.6 Å². The van der Waals surface area contributed by atoms with E-state index in [1.54, 1.807) is 12.1 Å². The lowest BCUT2D eigenvalue weighted by Gasteiger charge is -2.06. The van der Waals surface area contributed by atoms with Gasteiger partial charge in [-0.25, -0.2) is 5.43 Å². The predicted octanol–water partition coefficient (Wildman–Crippen LogP) is 3.59. The van der Waals surface area contributed by atoms with Crippen LogP contribution in [0.5, 0.6) is 5.75 Å². The smallest absolute Gasteiger partial charge is 0.271 e. The molecule has 0 spiro atoms. The molecule has 0 aliphatic carbocycles. The van der Waals surface area contributed by atoms with Crippen LogP contribution in [0.2, 0.25) is 5.02 Å². The van der Waals surface area contributed by atoms with E-state index in [0.29, 0.717) is 17.0 Å². The Hall–Kier alpha value is -2.33. The van der Waals surface area contributed by atoms with Gasteiger partial charge in [0.15, 0.2) is 0 Å². The summed E-state index contributed by atoms with van der Waals surface area (Å²) in [5.74, 6) is -0.216. The maximum absolute atomic E-state index is 11.9. The van der Waals surface area contributed by atoms with E-state index in [4.69, 9.17) is 11.6 Å². The number of nitrogens with zero attached hydrogens (tertiary/aromatic N) is 1. The molecule has 0 unspecified atom stereocenters. The summed E-state index contributed by atoms with van der Waals surface area (Å²) in [5.41, 5.74) is 4.55. The van der Waals surface area contributed by atoms with Crippen molar-refractivity contribution in [3.8, 4) is 5.75 Å². The first-order valence-electron chi connectivity index (χ1n) is 6.52. The van der Waals surface area contributed by atoms with Crippen molar-refractivity contribution in [2.45, 2.75) is 13.3 Å². The van der Waals surface area contributed by atoms with E-state index < -0.39 is 0 Å². The van der Waals surface area contributed by atoms with Crippen molar-refractivity contribution in [2.24, 2.45) is 5.10 Å². The third-order valence-corrected chi connectivity index (χ3v) is 3.15. The van der Waals surface area contributed by atoms with E-state index in [1.807, 2.05) is 19.1 Å². The summed E-state index contributed by atoms with van der Waals surface area (Å²) >= 11 is 5.95. The summed E-state index contributed by atoms with van der Waals surface area (Å²) in [7, 11) is 0. The molecule has 0 heterocycles. The number of hydrazone groups is 1. The minimum Gasteiger partial charge on any atom is -0.508 e. The van der Waals surface area contributed by atoms with Crippen molar-refractivity contribution in [1.82, 2.24) is 5.43 Å². The second-order valence-electron chi connectivity index (χ2n) is 4.41. The summed E-state index contributed by atoms with van der Waals surface area (Å²) in [6, 6.07) is 13.3. The van der Waals surface area contributed by atoms with Gasteiger partial charge < -0.3 is 5.11 Å². The summed E-state index contributed by atoms with van der Waals surface area (Å²) < 4.78 is 0. The van der Waals surface area contributed by atoms with Gasteiger partial charge in [0.1, 0.15) is 5.75 Å². The summed E-state index contributed by atoms with van der Waals surface area (Å²) in [6.07, 6.45) is 0.663. The number of carbonyl (C=O) groups excluding carboxylic acids is 1. The predicted molar refractivity (Wildman–Crippen MR) is 83.9 cm³/mol. The Morgan fingerprint density at radius 2 is 1.90 bits per heavy atom. The fourth-order valence-corrected chi connectivity index (χ4v) is 2.00. The zero-order valence-corrected chi connectivity index (χ0v) is 12.3.